The first-order valence-corrected chi connectivity index (χ1v) is 5.29. The highest BCUT2D eigenvalue weighted by Gasteiger charge is 2.17. The van der Waals surface area contributed by atoms with Crippen LogP contribution in [0.3, 0.4) is 0 Å². The zero-order valence-electron chi connectivity index (χ0n) is 8.37. The molecule has 2 N–H and O–H groups in total. The summed E-state index contributed by atoms with van der Waals surface area (Å²) < 4.78 is 0. The van der Waals surface area contributed by atoms with E-state index in [0.29, 0.717) is 10.3 Å². The Labute approximate surface area is 117 Å². The first kappa shape index (κ1) is 16.2. The minimum atomic E-state index is 0. The van der Waals surface area contributed by atoms with Crippen LogP contribution in [-0.2, 0) is 0 Å². The number of hydrogen-bond acceptors (Lipinski definition) is 3. The molecule has 1 aromatic rings. The molecule has 1 aromatic heterocycles. The molecule has 16 heavy (non-hydrogen) atoms. The molecular formula is C9H13Cl4N3. The van der Waals surface area contributed by atoms with Gasteiger partial charge in [0.2, 0.25) is 0 Å². The van der Waals surface area contributed by atoms with Crippen LogP contribution in [-0.4, -0.2) is 24.6 Å². The Morgan fingerprint density at radius 2 is 1.94 bits per heavy atom. The van der Waals surface area contributed by atoms with Crippen molar-refractivity contribution in [2.75, 3.05) is 19.6 Å². The molecule has 1 aliphatic rings. The minimum Gasteiger partial charge on any atom is -0.314 e. The molecule has 7 heteroatoms. The van der Waals surface area contributed by atoms with Crippen molar-refractivity contribution < 1.29 is 0 Å². The van der Waals surface area contributed by atoms with Crippen molar-refractivity contribution in [1.82, 2.24) is 15.6 Å². The van der Waals surface area contributed by atoms with Gasteiger partial charge in [-0.1, -0.05) is 29.3 Å². The van der Waals surface area contributed by atoms with E-state index < -0.39 is 0 Å². The van der Waals surface area contributed by atoms with Crippen molar-refractivity contribution in [2.45, 2.75) is 6.04 Å². The molecule has 1 fully saturated rings. The molecule has 0 saturated carbocycles. The van der Waals surface area contributed by atoms with E-state index in [1.165, 1.54) is 0 Å². The Kier molecular flexibility index (Phi) is 7.64. The van der Waals surface area contributed by atoms with Gasteiger partial charge in [-0.25, -0.2) is 4.98 Å². The number of aromatic nitrogens is 1. The number of pyridine rings is 1. The topological polar surface area (TPSA) is 37.0 Å². The Bertz CT molecular complexity index is 329. The predicted molar refractivity (Wildman–Crippen MR) is 72.4 cm³/mol. The van der Waals surface area contributed by atoms with E-state index in [1.54, 1.807) is 6.07 Å². The highest BCUT2D eigenvalue weighted by atomic mass is 35.5. The lowest BCUT2D eigenvalue weighted by molar-refractivity contribution is 0.429. The summed E-state index contributed by atoms with van der Waals surface area (Å²) in [6.07, 6.45) is 0. The smallest absolute Gasteiger partial charge is 0.135 e. The van der Waals surface area contributed by atoms with E-state index in [2.05, 4.69) is 15.6 Å². The third kappa shape index (κ3) is 3.91. The maximum Gasteiger partial charge on any atom is 0.135 e. The summed E-state index contributed by atoms with van der Waals surface area (Å²) >= 11 is 11.7. The van der Waals surface area contributed by atoms with Gasteiger partial charge in [0.25, 0.3) is 0 Å². The number of halogens is 4. The van der Waals surface area contributed by atoms with Crippen LogP contribution in [0.2, 0.25) is 10.3 Å². The van der Waals surface area contributed by atoms with Gasteiger partial charge < -0.3 is 10.6 Å². The van der Waals surface area contributed by atoms with Gasteiger partial charge in [0.1, 0.15) is 10.3 Å². The van der Waals surface area contributed by atoms with Crippen LogP contribution >= 0.6 is 48.0 Å². The Hall–Kier alpha value is 0.230. The van der Waals surface area contributed by atoms with Gasteiger partial charge in [0, 0.05) is 31.2 Å². The van der Waals surface area contributed by atoms with Crippen molar-refractivity contribution in [1.29, 1.82) is 0 Å². The number of nitrogens with one attached hydrogen (secondary N) is 2. The maximum atomic E-state index is 6.00. The molecular weight excluding hydrogens is 292 g/mol. The fraction of sp³-hybridized carbons (Fsp3) is 0.444. The Balaban J connectivity index is 0.00000112. The number of rotatable bonds is 1. The average Bonchev–Trinajstić information content (AvgIpc) is 2.19. The fourth-order valence-corrected chi connectivity index (χ4v) is 2.03. The second-order valence-electron chi connectivity index (χ2n) is 3.22. The standard InChI is InChI=1S/C9H11Cl2N3.2ClH/c10-8-2-1-6(9(11)14-8)7-5-12-3-4-13-7;;/h1-2,7,12-13H,3-5H2;2*1H. The van der Waals surface area contributed by atoms with Gasteiger partial charge in [0.15, 0.2) is 0 Å². The second kappa shape index (κ2) is 7.54. The van der Waals surface area contributed by atoms with E-state index in [4.69, 9.17) is 23.2 Å². The molecule has 1 aliphatic heterocycles. The van der Waals surface area contributed by atoms with Crippen molar-refractivity contribution in [3.05, 3.63) is 28.0 Å². The molecule has 2 heterocycles. The fourth-order valence-electron chi connectivity index (χ4n) is 1.56. The molecule has 0 radical (unpaired) electrons. The van der Waals surface area contributed by atoms with E-state index >= 15 is 0 Å². The first-order chi connectivity index (χ1) is 6.77. The third-order valence-electron chi connectivity index (χ3n) is 2.26. The van der Waals surface area contributed by atoms with E-state index in [1.807, 2.05) is 6.07 Å². The van der Waals surface area contributed by atoms with Crippen molar-refractivity contribution in [3.63, 3.8) is 0 Å². The lowest BCUT2D eigenvalue weighted by atomic mass is 10.1. The van der Waals surface area contributed by atoms with Gasteiger partial charge in [-0.3, -0.25) is 0 Å². The monoisotopic (exact) mass is 303 g/mol. The van der Waals surface area contributed by atoms with Crippen molar-refractivity contribution in [3.8, 4) is 0 Å². The number of nitrogens with zero attached hydrogens (tertiary/aromatic N) is 1. The zero-order valence-corrected chi connectivity index (χ0v) is 11.5. The molecule has 0 amide bonds. The predicted octanol–water partition coefficient (Wildman–Crippen LogP) is 2.47. The summed E-state index contributed by atoms with van der Waals surface area (Å²) in [7, 11) is 0. The van der Waals surface area contributed by atoms with Crippen LogP contribution in [0.25, 0.3) is 0 Å². The summed E-state index contributed by atoms with van der Waals surface area (Å²) in [5, 5.41) is 7.58. The van der Waals surface area contributed by atoms with Gasteiger partial charge >= 0.3 is 0 Å². The normalized spacial score (nSPS) is 19.5. The summed E-state index contributed by atoms with van der Waals surface area (Å²) in [6.45, 7) is 2.82. The largest absolute Gasteiger partial charge is 0.314 e. The number of hydrogen-bond donors (Lipinski definition) is 2. The highest BCUT2D eigenvalue weighted by Crippen LogP contribution is 2.23. The molecule has 92 valence electrons. The summed E-state index contributed by atoms with van der Waals surface area (Å²) in [5.41, 5.74) is 1.00. The van der Waals surface area contributed by atoms with Crippen LogP contribution in [0, 0.1) is 0 Å². The van der Waals surface area contributed by atoms with E-state index in [-0.39, 0.29) is 30.9 Å². The lowest BCUT2D eigenvalue weighted by Crippen LogP contribution is -2.42. The molecule has 0 aliphatic carbocycles. The van der Waals surface area contributed by atoms with E-state index in [9.17, 15) is 0 Å². The Morgan fingerprint density at radius 3 is 2.50 bits per heavy atom. The van der Waals surface area contributed by atoms with Gasteiger partial charge in [-0.2, -0.15) is 0 Å². The van der Waals surface area contributed by atoms with Crippen LogP contribution in [0.4, 0.5) is 0 Å². The van der Waals surface area contributed by atoms with Crippen LogP contribution in [0.5, 0.6) is 0 Å². The Morgan fingerprint density at radius 1 is 1.19 bits per heavy atom. The molecule has 0 bridgehead atoms. The summed E-state index contributed by atoms with van der Waals surface area (Å²) in [6, 6.07) is 3.92. The molecule has 1 atom stereocenters. The maximum absolute atomic E-state index is 6.00. The van der Waals surface area contributed by atoms with Gasteiger partial charge in [0.05, 0.1) is 0 Å². The third-order valence-corrected chi connectivity index (χ3v) is 2.77. The second-order valence-corrected chi connectivity index (χ2v) is 3.97. The van der Waals surface area contributed by atoms with E-state index in [0.717, 1.165) is 25.2 Å². The van der Waals surface area contributed by atoms with Crippen LogP contribution in [0.15, 0.2) is 12.1 Å². The van der Waals surface area contributed by atoms with Crippen molar-refractivity contribution >= 4 is 48.0 Å². The highest BCUT2D eigenvalue weighted by molar-refractivity contribution is 6.32. The molecule has 0 aromatic carbocycles. The quantitative estimate of drug-likeness (QED) is 0.783. The van der Waals surface area contributed by atoms with Gasteiger partial charge in [-0.05, 0) is 6.07 Å². The first-order valence-electron chi connectivity index (χ1n) is 4.53. The molecule has 0 spiro atoms. The van der Waals surface area contributed by atoms with Gasteiger partial charge in [-0.15, -0.1) is 24.8 Å². The number of piperazine rings is 1. The average molecular weight is 305 g/mol. The SMILES string of the molecule is Cl.Cl.Clc1ccc(C2CNCCN2)c(Cl)n1. The van der Waals surface area contributed by atoms with Crippen LogP contribution < -0.4 is 10.6 Å². The molecule has 1 unspecified atom stereocenters. The van der Waals surface area contributed by atoms with Crippen LogP contribution in [0.1, 0.15) is 11.6 Å². The molecule has 1 saturated heterocycles. The molecule has 3 nitrogen and oxygen atoms in total. The van der Waals surface area contributed by atoms with Crippen molar-refractivity contribution in [2.24, 2.45) is 0 Å². The lowest BCUT2D eigenvalue weighted by Gasteiger charge is -2.25. The summed E-state index contributed by atoms with van der Waals surface area (Å²) in [5.74, 6) is 0. The summed E-state index contributed by atoms with van der Waals surface area (Å²) in [4.78, 5) is 4.01. The minimum absolute atomic E-state index is 0. The zero-order chi connectivity index (χ0) is 9.97. The molecule has 2 rings (SSSR count).